The molecule has 0 saturated carbocycles. The van der Waals surface area contributed by atoms with Gasteiger partial charge in [-0.2, -0.15) is 0 Å². The first-order valence-electron chi connectivity index (χ1n) is 7.85. The topological polar surface area (TPSA) is 69.6 Å². The van der Waals surface area contributed by atoms with Gasteiger partial charge in [0.2, 0.25) is 11.8 Å². The molecule has 0 spiro atoms. The van der Waals surface area contributed by atoms with Crippen LogP contribution < -0.4 is 5.32 Å². The molecule has 1 aliphatic heterocycles. The number of amides is 2. The molecule has 0 bridgehead atoms. The van der Waals surface area contributed by atoms with E-state index in [1.807, 2.05) is 4.90 Å². The number of nitrogens with zero attached hydrogens (tertiary/aromatic N) is 1. The Labute approximate surface area is 121 Å². The molecular weight excluding hydrogens is 256 g/mol. The summed E-state index contributed by atoms with van der Waals surface area (Å²) < 4.78 is 0. The number of carbonyl (C=O) groups is 2. The Bertz CT molecular complexity index is 307. The van der Waals surface area contributed by atoms with Crippen molar-refractivity contribution in [1.29, 1.82) is 0 Å². The molecule has 1 aliphatic rings. The molecule has 2 amide bonds. The van der Waals surface area contributed by atoms with Crippen LogP contribution >= 0.6 is 0 Å². The van der Waals surface area contributed by atoms with Crippen molar-refractivity contribution in [1.82, 2.24) is 10.2 Å². The Morgan fingerprint density at radius 1 is 1.25 bits per heavy atom. The molecule has 0 aliphatic carbocycles. The predicted octanol–water partition coefficient (Wildman–Crippen LogP) is 1.30. The number of aliphatic hydroxyl groups excluding tert-OH is 1. The first kappa shape index (κ1) is 17.0. The molecule has 1 unspecified atom stereocenters. The molecule has 0 radical (unpaired) electrons. The minimum atomic E-state index is -0.211. The van der Waals surface area contributed by atoms with Crippen LogP contribution in [0.25, 0.3) is 0 Å². The third-order valence-corrected chi connectivity index (χ3v) is 3.76. The summed E-state index contributed by atoms with van der Waals surface area (Å²) in [5.41, 5.74) is 0. The molecule has 1 rings (SSSR count). The number of hydrogen-bond acceptors (Lipinski definition) is 3. The zero-order valence-corrected chi connectivity index (χ0v) is 12.6. The molecule has 2 N–H and O–H groups in total. The minimum absolute atomic E-state index is 0.0339. The van der Waals surface area contributed by atoms with Crippen molar-refractivity contribution in [3.8, 4) is 0 Å². The van der Waals surface area contributed by atoms with Crippen molar-refractivity contribution in [2.45, 2.75) is 51.9 Å². The monoisotopic (exact) mass is 284 g/mol. The second kappa shape index (κ2) is 9.75. The summed E-state index contributed by atoms with van der Waals surface area (Å²) in [6.07, 6.45) is 6.72. The van der Waals surface area contributed by atoms with Gasteiger partial charge in [0.25, 0.3) is 0 Å². The molecule has 1 saturated heterocycles. The largest absolute Gasteiger partial charge is 0.396 e. The second-order valence-corrected chi connectivity index (χ2v) is 5.52. The van der Waals surface area contributed by atoms with E-state index in [9.17, 15) is 9.59 Å². The van der Waals surface area contributed by atoms with E-state index >= 15 is 0 Å². The molecule has 0 aromatic heterocycles. The van der Waals surface area contributed by atoms with Gasteiger partial charge in [0.15, 0.2) is 0 Å². The van der Waals surface area contributed by atoms with E-state index in [2.05, 4.69) is 12.2 Å². The Morgan fingerprint density at radius 3 is 2.55 bits per heavy atom. The summed E-state index contributed by atoms with van der Waals surface area (Å²) in [6.45, 7) is 4.08. The van der Waals surface area contributed by atoms with Crippen LogP contribution in [0, 0.1) is 5.92 Å². The first-order chi connectivity index (χ1) is 9.69. The molecule has 5 nitrogen and oxygen atoms in total. The van der Waals surface area contributed by atoms with Gasteiger partial charge in [-0.05, 0) is 12.8 Å². The van der Waals surface area contributed by atoms with Crippen molar-refractivity contribution in [3.63, 3.8) is 0 Å². The van der Waals surface area contributed by atoms with Crippen LogP contribution in [0.5, 0.6) is 0 Å². The van der Waals surface area contributed by atoms with Gasteiger partial charge in [-0.3, -0.25) is 9.59 Å². The molecule has 1 fully saturated rings. The van der Waals surface area contributed by atoms with Gasteiger partial charge < -0.3 is 15.3 Å². The normalized spacial score (nSPS) is 18.1. The Kier molecular flexibility index (Phi) is 8.26. The fourth-order valence-corrected chi connectivity index (χ4v) is 2.54. The van der Waals surface area contributed by atoms with Crippen LogP contribution in [-0.4, -0.2) is 48.1 Å². The smallest absolute Gasteiger partial charge is 0.227 e. The molecular formula is C15H28N2O3. The first-order valence-corrected chi connectivity index (χ1v) is 7.85. The van der Waals surface area contributed by atoms with Crippen molar-refractivity contribution in [2.24, 2.45) is 5.92 Å². The minimum Gasteiger partial charge on any atom is -0.396 e. The highest BCUT2D eigenvalue weighted by Crippen LogP contribution is 2.14. The lowest BCUT2D eigenvalue weighted by Gasteiger charge is -2.25. The quantitative estimate of drug-likeness (QED) is 0.594. The third-order valence-electron chi connectivity index (χ3n) is 3.76. The summed E-state index contributed by atoms with van der Waals surface area (Å²) in [4.78, 5) is 25.4. The highest BCUT2D eigenvalue weighted by Gasteiger charge is 2.30. The molecule has 0 aromatic carbocycles. The van der Waals surface area contributed by atoms with Crippen molar-refractivity contribution in [2.75, 3.05) is 26.2 Å². The summed E-state index contributed by atoms with van der Waals surface area (Å²) in [6, 6.07) is 0. The lowest BCUT2D eigenvalue weighted by Crippen LogP contribution is -2.38. The lowest BCUT2D eigenvalue weighted by molar-refractivity contribution is -0.136. The summed E-state index contributed by atoms with van der Waals surface area (Å²) in [5.74, 6) is -0.183. The van der Waals surface area contributed by atoms with Gasteiger partial charge in [-0.25, -0.2) is 0 Å². The van der Waals surface area contributed by atoms with E-state index in [1.54, 1.807) is 0 Å². The van der Waals surface area contributed by atoms with Crippen LogP contribution in [0.1, 0.15) is 51.9 Å². The second-order valence-electron chi connectivity index (χ2n) is 5.52. The highest BCUT2D eigenvalue weighted by atomic mass is 16.3. The van der Waals surface area contributed by atoms with E-state index in [0.29, 0.717) is 25.9 Å². The fraction of sp³-hybridized carbons (Fsp3) is 0.867. The molecule has 5 heteroatoms. The third kappa shape index (κ3) is 5.90. The van der Waals surface area contributed by atoms with Gasteiger partial charge >= 0.3 is 0 Å². The Hall–Kier alpha value is -1.10. The van der Waals surface area contributed by atoms with Crippen molar-refractivity contribution >= 4 is 11.8 Å². The van der Waals surface area contributed by atoms with E-state index in [1.165, 1.54) is 19.3 Å². The number of aliphatic hydroxyl groups is 1. The highest BCUT2D eigenvalue weighted by molar-refractivity contribution is 5.89. The van der Waals surface area contributed by atoms with Gasteiger partial charge in [-0.15, -0.1) is 0 Å². The molecule has 1 atom stereocenters. The van der Waals surface area contributed by atoms with E-state index in [4.69, 9.17) is 5.11 Å². The molecule has 0 aromatic rings. The Balaban J connectivity index is 2.37. The van der Waals surface area contributed by atoms with E-state index in [0.717, 1.165) is 19.4 Å². The van der Waals surface area contributed by atoms with E-state index < -0.39 is 0 Å². The van der Waals surface area contributed by atoms with Gasteiger partial charge in [0.1, 0.15) is 0 Å². The molecule has 1 heterocycles. The molecule has 116 valence electrons. The Morgan fingerprint density at radius 2 is 1.95 bits per heavy atom. The summed E-state index contributed by atoms with van der Waals surface area (Å²) in [7, 11) is 0. The van der Waals surface area contributed by atoms with Crippen LogP contribution in [0.2, 0.25) is 0 Å². The van der Waals surface area contributed by atoms with Crippen molar-refractivity contribution in [3.05, 3.63) is 0 Å². The number of nitrogens with one attached hydrogen (secondary N) is 1. The van der Waals surface area contributed by atoms with Crippen LogP contribution in [-0.2, 0) is 9.59 Å². The number of unbranched alkanes of at least 4 members (excludes halogenated alkanes) is 4. The molecule has 20 heavy (non-hydrogen) atoms. The number of rotatable bonds is 10. The van der Waals surface area contributed by atoms with Gasteiger partial charge in [0.05, 0.1) is 5.92 Å². The SMILES string of the molecule is CCCCCCCN(CCCO)C(=O)C1CNC(=O)C1. The average molecular weight is 284 g/mol. The number of carbonyl (C=O) groups excluding carboxylic acids is 2. The number of hydrogen-bond donors (Lipinski definition) is 2. The lowest BCUT2D eigenvalue weighted by atomic mass is 10.1. The summed E-state index contributed by atoms with van der Waals surface area (Å²) >= 11 is 0. The van der Waals surface area contributed by atoms with Crippen LogP contribution in [0.15, 0.2) is 0 Å². The fourth-order valence-electron chi connectivity index (χ4n) is 2.54. The maximum atomic E-state index is 12.4. The van der Waals surface area contributed by atoms with Crippen molar-refractivity contribution < 1.29 is 14.7 Å². The zero-order chi connectivity index (χ0) is 14.8. The van der Waals surface area contributed by atoms with Gasteiger partial charge in [0, 0.05) is 32.7 Å². The zero-order valence-electron chi connectivity index (χ0n) is 12.6. The van der Waals surface area contributed by atoms with Crippen LogP contribution in [0.4, 0.5) is 0 Å². The maximum absolute atomic E-state index is 12.4. The maximum Gasteiger partial charge on any atom is 0.227 e. The summed E-state index contributed by atoms with van der Waals surface area (Å²) in [5, 5.41) is 11.7. The van der Waals surface area contributed by atoms with Crippen LogP contribution in [0.3, 0.4) is 0 Å². The van der Waals surface area contributed by atoms with E-state index in [-0.39, 0.29) is 24.3 Å². The van der Waals surface area contributed by atoms with Gasteiger partial charge in [-0.1, -0.05) is 32.6 Å². The predicted molar refractivity (Wildman–Crippen MR) is 78.2 cm³/mol. The standard InChI is InChI=1S/C15H28N2O3/c1-2-3-4-5-6-8-17(9-7-10-18)15(20)13-11-14(19)16-12-13/h13,18H,2-12H2,1H3,(H,16,19). The average Bonchev–Trinajstić information content (AvgIpc) is 2.88.